The highest BCUT2D eigenvalue weighted by atomic mass is 16.2. The molecule has 4 nitrogen and oxygen atoms in total. The number of amides is 1. The van der Waals surface area contributed by atoms with Gasteiger partial charge >= 0.3 is 5.91 Å². The van der Waals surface area contributed by atoms with Crippen molar-refractivity contribution in [3.63, 3.8) is 0 Å². The lowest BCUT2D eigenvalue weighted by molar-refractivity contribution is -0.126. The smallest absolute Gasteiger partial charge is 0.324 e. The summed E-state index contributed by atoms with van der Waals surface area (Å²) in [6, 6.07) is 9.98. The maximum absolute atomic E-state index is 11.3. The second kappa shape index (κ2) is 4.77. The number of benzene rings is 1. The van der Waals surface area contributed by atoms with Crippen LogP contribution in [0.25, 0.3) is 10.9 Å². The minimum Gasteiger partial charge on any atom is -0.361 e. The Kier molecular flexibility index (Phi) is 2.96. The molecule has 96 valence electrons. The fourth-order valence-corrected chi connectivity index (χ4v) is 2.90. The van der Waals surface area contributed by atoms with Crippen molar-refractivity contribution in [1.29, 1.82) is 5.26 Å². The predicted octanol–water partition coefficient (Wildman–Crippen LogP) is 2.40. The van der Waals surface area contributed by atoms with Gasteiger partial charge in [-0.25, -0.2) is 0 Å². The fraction of sp³-hybridized carbons (Fsp3) is 0.333. The van der Waals surface area contributed by atoms with E-state index in [1.165, 1.54) is 10.9 Å². The van der Waals surface area contributed by atoms with Gasteiger partial charge in [-0.3, -0.25) is 4.79 Å². The summed E-state index contributed by atoms with van der Waals surface area (Å²) >= 11 is 0. The summed E-state index contributed by atoms with van der Waals surface area (Å²) in [4.78, 5) is 16.3. The summed E-state index contributed by atoms with van der Waals surface area (Å²) in [5.41, 5.74) is 2.49. The zero-order valence-electron chi connectivity index (χ0n) is 10.6. The van der Waals surface area contributed by atoms with Gasteiger partial charge in [-0.05, 0) is 30.4 Å². The number of nitrogens with one attached hydrogen (secondary N) is 1. The molecule has 0 radical (unpaired) electrons. The quantitative estimate of drug-likeness (QED) is 0.793. The molecule has 2 heterocycles. The van der Waals surface area contributed by atoms with Gasteiger partial charge in [0.15, 0.2) is 6.07 Å². The molecule has 1 aliphatic rings. The third-order valence-corrected chi connectivity index (χ3v) is 3.94. The van der Waals surface area contributed by atoms with Gasteiger partial charge in [0.05, 0.1) is 0 Å². The molecule has 0 aliphatic carbocycles. The third kappa shape index (κ3) is 2.08. The highest BCUT2D eigenvalue weighted by Crippen LogP contribution is 2.32. The number of likely N-dealkylation sites (tertiary alicyclic amines) is 1. The van der Waals surface area contributed by atoms with Crippen LogP contribution in [0.3, 0.4) is 0 Å². The van der Waals surface area contributed by atoms with Crippen molar-refractivity contribution < 1.29 is 4.79 Å². The second-order valence-corrected chi connectivity index (χ2v) is 4.97. The summed E-state index contributed by atoms with van der Waals surface area (Å²) in [6.45, 7) is 1.35. The number of nitriles is 1. The molecule has 0 spiro atoms. The molecule has 19 heavy (non-hydrogen) atoms. The first kappa shape index (κ1) is 11.8. The monoisotopic (exact) mass is 253 g/mol. The lowest BCUT2D eigenvalue weighted by atomic mass is 9.89. The van der Waals surface area contributed by atoms with Gasteiger partial charge in [-0.2, -0.15) is 5.26 Å². The van der Waals surface area contributed by atoms with E-state index < -0.39 is 5.91 Å². The van der Waals surface area contributed by atoms with Crippen LogP contribution >= 0.6 is 0 Å². The maximum atomic E-state index is 11.3. The molecular formula is C15H15N3O. The minimum absolute atomic E-state index is 0.405. The number of fused-ring (bicyclic) bond motifs is 1. The molecule has 1 N–H and O–H groups in total. The van der Waals surface area contributed by atoms with Crippen LogP contribution in [0.5, 0.6) is 0 Å². The molecule has 1 saturated heterocycles. The molecule has 4 heteroatoms. The zero-order chi connectivity index (χ0) is 13.2. The molecule has 2 aromatic rings. The van der Waals surface area contributed by atoms with Crippen molar-refractivity contribution in [2.75, 3.05) is 13.1 Å². The number of piperidine rings is 1. The van der Waals surface area contributed by atoms with Crippen molar-refractivity contribution >= 4 is 16.8 Å². The first-order chi connectivity index (χ1) is 9.29. The van der Waals surface area contributed by atoms with Crippen molar-refractivity contribution in [2.45, 2.75) is 18.8 Å². The van der Waals surface area contributed by atoms with E-state index in [0.717, 1.165) is 18.4 Å². The zero-order valence-corrected chi connectivity index (χ0v) is 10.6. The molecule has 3 rings (SSSR count). The van der Waals surface area contributed by atoms with E-state index in [0.29, 0.717) is 19.0 Å². The summed E-state index contributed by atoms with van der Waals surface area (Å²) < 4.78 is 0. The average molecular weight is 253 g/mol. The van der Waals surface area contributed by atoms with Gasteiger partial charge < -0.3 is 9.88 Å². The summed E-state index contributed by atoms with van der Waals surface area (Å²) in [6.07, 6.45) is 3.93. The van der Waals surface area contributed by atoms with Crippen LogP contribution in [0.1, 0.15) is 24.3 Å². The van der Waals surface area contributed by atoms with Crippen molar-refractivity contribution in [2.24, 2.45) is 0 Å². The normalized spacial score (nSPS) is 16.5. The van der Waals surface area contributed by atoms with E-state index in [2.05, 4.69) is 23.3 Å². The van der Waals surface area contributed by atoms with E-state index in [9.17, 15) is 4.79 Å². The number of hydrogen-bond acceptors (Lipinski definition) is 2. The Hall–Kier alpha value is -2.28. The Bertz CT molecular complexity index is 645. The van der Waals surface area contributed by atoms with Crippen LogP contribution in [0, 0.1) is 11.3 Å². The number of H-pyrrole nitrogens is 1. The van der Waals surface area contributed by atoms with Gasteiger partial charge in [-0.1, -0.05) is 18.2 Å². The van der Waals surface area contributed by atoms with Gasteiger partial charge in [0.2, 0.25) is 0 Å². The first-order valence-electron chi connectivity index (χ1n) is 6.54. The average Bonchev–Trinajstić information content (AvgIpc) is 2.90. The number of rotatable bonds is 1. The number of para-hydroxylation sites is 1. The van der Waals surface area contributed by atoms with E-state index in [-0.39, 0.29) is 0 Å². The van der Waals surface area contributed by atoms with Crippen molar-refractivity contribution in [1.82, 2.24) is 9.88 Å². The molecule has 1 fully saturated rings. The molecule has 1 aromatic heterocycles. The molecule has 0 saturated carbocycles. The van der Waals surface area contributed by atoms with E-state index in [1.807, 2.05) is 12.1 Å². The van der Waals surface area contributed by atoms with Gasteiger partial charge in [0.1, 0.15) is 0 Å². The largest absolute Gasteiger partial charge is 0.361 e. The Labute approximate surface area is 111 Å². The van der Waals surface area contributed by atoms with Crippen LogP contribution in [-0.4, -0.2) is 28.9 Å². The highest BCUT2D eigenvalue weighted by Gasteiger charge is 2.25. The first-order valence-corrected chi connectivity index (χ1v) is 6.54. The second-order valence-electron chi connectivity index (χ2n) is 4.97. The SMILES string of the molecule is N#CC(=O)N1CCC(c2c[nH]c3ccccc23)CC1. The topological polar surface area (TPSA) is 59.9 Å². The van der Waals surface area contributed by atoms with Gasteiger partial charge in [0, 0.05) is 30.2 Å². The molecule has 0 unspecified atom stereocenters. The summed E-state index contributed by atoms with van der Waals surface area (Å²) in [5, 5.41) is 9.90. The Balaban J connectivity index is 1.79. The lowest BCUT2D eigenvalue weighted by Gasteiger charge is -2.30. The predicted molar refractivity (Wildman–Crippen MR) is 72.5 cm³/mol. The number of carbonyl (C=O) groups excluding carboxylic acids is 1. The van der Waals surface area contributed by atoms with Crippen LogP contribution in [0.2, 0.25) is 0 Å². The number of carbonyl (C=O) groups is 1. The highest BCUT2D eigenvalue weighted by molar-refractivity contribution is 5.91. The van der Waals surface area contributed by atoms with Crippen molar-refractivity contribution in [3.8, 4) is 6.07 Å². The van der Waals surface area contributed by atoms with E-state index >= 15 is 0 Å². The van der Waals surface area contributed by atoms with Crippen LogP contribution in [0.4, 0.5) is 0 Å². The molecule has 1 aromatic carbocycles. The number of aromatic nitrogens is 1. The maximum Gasteiger partial charge on any atom is 0.324 e. The Morgan fingerprint density at radius 3 is 2.79 bits per heavy atom. The minimum atomic E-state index is -0.405. The van der Waals surface area contributed by atoms with Crippen LogP contribution in [0.15, 0.2) is 30.5 Å². The van der Waals surface area contributed by atoms with Crippen LogP contribution < -0.4 is 0 Å². The summed E-state index contributed by atoms with van der Waals surface area (Å²) in [5.74, 6) is 0.0660. The van der Waals surface area contributed by atoms with E-state index in [1.54, 1.807) is 11.0 Å². The third-order valence-electron chi connectivity index (χ3n) is 3.94. The molecule has 0 bridgehead atoms. The standard InChI is InChI=1S/C15H15N3O/c16-9-15(19)18-7-5-11(6-8-18)13-10-17-14-4-2-1-3-12(13)14/h1-4,10-11,17H,5-8H2. The Morgan fingerprint density at radius 1 is 1.32 bits per heavy atom. The molecule has 1 amide bonds. The summed E-state index contributed by atoms with van der Waals surface area (Å²) in [7, 11) is 0. The van der Waals surface area contributed by atoms with E-state index in [4.69, 9.17) is 5.26 Å². The van der Waals surface area contributed by atoms with Crippen LogP contribution in [-0.2, 0) is 4.79 Å². The number of aromatic amines is 1. The molecule has 0 atom stereocenters. The molecule has 1 aliphatic heterocycles. The Morgan fingerprint density at radius 2 is 2.05 bits per heavy atom. The fourth-order valence-electron chi connectivity index (χ4n) is 2.90. The number of hydrogen-bond donors (Lipinski definition) is 1. The van der Waals surface area contributed by atoms with Crippen molar-refractivity contribution in [3.05, 3.63) is 36.0 Å². The van der Waals surface area contributed by atoms with Gasteiger partial charge in [-0.15, -0.1) is 0 Å². The molecular weight excluding hydrogens is 238 g/mol. The number of nitrogens with zero attached hydrogens (tertiary/aromatic N) is 2. The van der Waals surface area contributed by atoms with Gasteiger partial charge in [0.25, 0.3) is 0 Å². The lowest BCUT2D eigenvalue weighted by Crippen LogP contribution is -2.37.